The lowest BCUT2D eigenvalue weighted by atomic mass is 10.4. The predicted octanol–water partition coefficient (Wildman–Crippen LogP) is 1.47. The summed E-state index contributed by atoms with van der Waals surface area (Å²) in [6, 6.07) is 0. The van der Waals surface area contributed by atoms with Crippen LogP contribution in [0.25, 0.3) is 0 Å². The van der Waals surface area contributed by atoms with Gasteiger partial charge in [-0.1, -0.05) is 26.3 Å². The summed E-state index contributed by atoms with van der Waals surface area (Å²) in [5, 5.41) is 11.6. The van der Waals surface area contributed by atoms with Gasteiger partial charge >= 0.3 is 0 Å². The van der Waals surface area contributed by atoms with Crippen LogP contribution in [-0.2, 0) is 6.54 Å². The molecule has 1 atom stereocenters. The monoisotopic (exact) mass is 271 g/mol. The number of halogens is 1. The van der Waals surface area contributed by atoms with Crippen LogP contribution in [0.3, 0.4) is 0 Å². The fourth-order valence-corrected chi connectivity index (χ4v) is 1.33. The molecule has 0 radical (unpaired) electrons. The van der Waals surface area contributed by atoms with Gasteiger partial charge in [-0.05, 0) is 13.8 Å². The average molecular weight is 272 g/mol. The second-order valence-electron chi connectivity index (χ2n) is 3.19. The fourth-order valence-electron chi connectivity index (χ4n) is 1.12. The molecule has 80 valence electrons. The van der Waals surface area contributed by atoms with Gasteiger partial charge < -0.3 is 4.52 Å². The van der Waals surface area contributed by atoms with Crippen LogP contribution in [0.4, 0.5) is 0 Å². The van der Waals surface area contributed by atoms with E-state index in [4.69, 9.17) is 4.52 Å². The Morgan fingerprint density at radius 3 is 2.93 bits per heavy atom. The SMILES string of the molecule is Cc1noc(Cn2cc(C(C)Br)nn2)n1. The summed E-state index contributed by atoms with van der Waals surface area (Å²) in [6.45, 7) is 4.22. The Morgan fingerprint density at radius 2 is 2.40 bits per heavy atom. The number of alkyl halides is 1. The molecule has 0 spiro atoms. The van der Waals surface area contributed by atoms with Gasteiger partial charge in [-0.3, -0.25) is 0 Å². The minimum absolute atomic E-state index is 0.190. The molecular formula is C8H10BrN5O. The first-order valence-corrected chi connectivity index (χ1v) is 5.40. The maximum absolute atomic E-state index is 4.98. The lowest BCUT2D eigenvalue weighted by molar-refractivity contribution is 0.361. The Bertz CT molecular complexity index is 449. The molecule has 0 N–H and O–H groups in total. The topological polar surface area (TPSA) is 69.6 Å². The van der Waals surface area contributed by atoms with Gasteiger partial charge in [0.25, 0.3) is 0 Å². The largest absolute Gasteiger partial charge is 0.337 e. The third kappa shape index (κ3) is 2.41. The molecule has 0 aliphatic rings. The van der Waals surface area contributed by atoms with Crippen LogP contribution < -0.4 is 0 Å². The van der Waals surface area contributed by atoms with Gasteiger partial charge in [-0.25, -0.2) is 4.68 Å². The van der Waals surface area contributed by atoms with Gasteiger partial charge in [0.2, 0.25) is 5.89 Å². The molecule has 0 saturated carbocycles. The van der Waals surface area contributed by atoms with Crippen LogP contribution >= 0.6 is 15.9 Å². The standard InChI is InChI=1S/C8H10BrN5O/c1-5(9)7-3-14(13-11-7)4-8-10-6(2)12-15-8/h3,5H,4H2,1-2H3. The van der Waals surface area contributed by atoms with E-state index in [9.17, 15) is 0 Å². The van der Waals surface area contributed by atoms with E-state index in [1.54, 1.807) is 11.6 Å². The van der Waals surface area contributed by atoms with Crippen molar-refractivity contribution in [1.82, 2.24) is 25.1 Å². The quantitative estimate of drug-likeness (QED) is 0.791. The molecule has 1 unspecified atom stereocenters. The zero-order chi connectivity index (χ0) is 10.8. The van der Waals surface area contributed by atoms with Crippen molar-refractivity contribution >= 4 is 15.9 Å². The lowest BCUT2D eigenvalue weighted by Crippen LogP contribution is -2.00. The molecule has 0 aliphatic carbocycles. The molecular weight excluding hydrogens is 262 g/mol. The Morgan fingerprint density at radius 1 is 1.60 bits per heavy atom. The summed E-state index contributed by atoms with van der Waals surface area (Å²) in [5.74, 6) is 1.16. The minimum atomic E-state index is 0.190. The van der Waals surface area contributed by atoms with E-state index in [-0.39, 0.29) is 4.83 Å². The smallest absolute Gasteiger partial charge is 0.248 e. The Balaban J connectivity index is 2.11. The summed E-state index contributed by atoms with van der Waals surface area (Å²) in [4.78, 5) is 4.27. The third-order valence-corrected chi connectivity index (χ3v) is 2.30. The molecule has 6 nitrogen and oxygen atoms in total. The van der Waals surface area contributed by atoms with E-state index < -0.39 is 0 Å². The molecule has 0 aromatic carbocycles. The second kappa shape index (κ2) is 4.09. The van der Waals surface area contributed by atoms with Gasteiger partial charge in [0.1, 0.15) is 6.54 Å². The summed E-state index contributed by atoms with van der Waals surface area (Å²) in [6.07, 6.45) is 1.85. The van der Waals surface area contributed by atoms with E-state index in [1.165, 1.54) is 0 Å². The summed E-state index contributed by atoms with van der Waals surface area (Å²) in [5.41, 5.74) is 0.881. The maximum atomic E-state index is 4.98. The van der Waals surface area contributed by atoms with Crippen molar-refractivity contribution in [2.24, 2.45) is 0 Å². The van der Waals surface area contributed by atoms with Gasteiger partial charge in [-0.2, -0.15) is 4.98 Å². The van der Waals surface area contributed by atoms with E-state index in [1.807, 2.05) is 13.1 Å². The van der Waals surface area contributed by atoms with Crippen LogP contribution in [0.15, 0.2) is 10.7 Å². The fraction of sp³-hybridized carbons (Fsp3) is 0.500. The number of hydrogen-bond acceptors (Lipinski definition) is 5. The highest BCUT2D eigenvalue weighted by Crippen LogP contribution is 2.18. The molecule has 2 aromatic rings. The minimum Gasteiger partial charge on any atom is -0.337 e. The van der Waals surface area contributed by atoms with Crippen LogP contribution in [0.2, 0.25) is 0 Å². The number of aromatic nitrogens is 5. The molecule has 0 bridgehead atoms. The molecule has 0 fully saturated rings. The zero-order valence-electron chi connectivity index (χ0n) is 8.38. The Hall–Kier alpha value is -1.24. The van der Waals surface area contributed by atoms with Crippen molar-refractivity contribution in [1.29, 1.82) is 0 Å². The second-order valence-corrected chi connectivity index (χ2v) is 4.57. The van der Waals surface area contributed by atoms with Gasteiger partial charge in [0, 0.05) is 0 Å². The average Bonchev–Trinajstić information content (AvgIpc) is 2.76. The summed E-state index contributed by atoms with van der Waals surface area (Å²) < 4.78 is 6.64. The lowest BCUT2D eigenvalue weighted by Gasteiger charge is -1.94. The molecule has 2 aromatic heterocycles. The predicted molar refractivity (Wildman–Crippen MR) is 55.5 cm³/mol. The molecule has 7 heteroatoms. The molecule has 0 amide bonds. The number of nitrogens with zero attached hydrogens (tertiary/aromatic N) is 5. The molecule has 15 heavy (non-hydrogen) atoms. The van der Waals surface area contributed by atoms with E-state index >= 15 is 0 Å². The number of aryl methyl sites for hydroxylation is 1. The highest BCUT2D eigenvalue weighted by atomic mass is 79.9. The zero-order valence-corrected chi connectivity index (χ0v) is 9.97. The van der Waals surface area contributed by atoms with Crippen molar-refractivity contribution in [3.8, 4) is 0 Å². The summed E-state index contributed by atoms with van der Waals surface area (Å²) in [7, 11) is 0. The highest BCUT2D eigenvalue weighted by molar-refractivity contribution is 9.09. The van der Waals surface area contributed by atoms with Crippen LogP contribution in [0, 0.1) is 6.92 Å². The van der Waals surface area contributed by atoms with Crippen molar-refractivity contribution in [2.45, 2.75) is 25.2 Å². The molecule has 0 saturated heterocycles. The van der Waals surface area contributed by atoms with Gasteiger partial charge in [-0.15, -0.1) is 5.10 Å². The van der Waals surface area contributed by atoms with Gasteiger partial charge in [0.05, 0.1) is 16.7 Å². The van der Waals surface area contributed by atoms with Crippen LogP contribution in [0.1, 0.15) is 29.2 Å². The third-order valence-electron chi connectivity index (χ3n) is 1.83. The highest BCUT2D eigenvalue weighted by Gasteiger charge is 2.09. The number of rotatable bonds is 3. The normalized spacial score (nSPS) is 13.0. The first kappa shape index (κ1) is 10.3. The molecule has 2 rings (SSSR count). The molecule has 2 heterocycles. The maximum Gasteiger partial charge on any atom is 0.248 e. The van der Waals surface area contributed by atoms with Crippen molar-refractivity contribution in [2.75, 3.05) is 0 Å². The van der Waals surface area contributed by atoms with E-state index in [0.29, 0.717) is 18.3 Å². The van der Waals surface area contributed by atoms with Crippen molar-refractivity contribution in [3.05, 3.63) is 23.6 Å². The Labute approximate surface area is 94.8 Å². The summed E-state index contributed by atoms with van der Waals surface area (Å²) >= 11 is 3.42. The first-order valence-electron chi connectivity index (χ1n) is 4.48. The van der Waals surface area contributed by atoms with E-state index in [0.717, 1.165) is 5.69 Å². The molecule has 0 aliphatic heterocycles. The van der Waals surface area contributed by atoms with Crippen LogP contribution in [0.5, 0.6) is 0 Å². The van der Waals surface area contributed by atoms with E-state index in [2.05, 4.69) is 36.4 Å². The van der Waals surface area contributed by atoms with Crippen molar-refractivity contribution in [3.63, 3.8) is 0 Å². The van der Waals surface area contributed by atoms with Gasteiger partial charge in [0.15, 0.2) is 5.82 Å². The van der Waals surface area contributed by atoms with Crippen molar-refractivity contribution < 1.29 is 4.52 Å². The Kier molecular flexibility index (Phi) is 2.81. The number of hydrogen-bond donors (Lipinski definition) is 0. The first-order chi connectivity index (χ1) is 7.15. The van der Waals surface area contributed by atoms with Crippen LogP contribution in [-0.4, -0.2) is 25.1 Å².